The number of phenols is 2. The van der Waals surface area contributed by atoms with E-state index in [4.69, 9.17) is 15.7 Å². The van der Waals surface area contributed by atoms with Crippen molar-refractivity contribution in [2.75, 3.05) is 44.2 Å². The highest BCUT2D eigenvalue weighted by Gasteiger charge is 2.54. The van der Waals surface area contributed by atoms with E-state index in [1.54, 1.807) is 6.92 Å². The first-order chi connectivity index (χ1) is 27.5. The Morgan fingerprint density at radius 2 is 1.84 bits per heavy atom. The number of quaternary nitrogens is 1. The second-order valence-corrected chi connectivity index (χ2v) is 15.6. The number of aryl methyl sites for hydroxylation is 1. The van der Waals surface area contributed by atoms with Gasteiger partial charge in [0.2, 0.25) is 11.5 Å². The van der Waals surface area contributed by atoms with E-state index in [2.05, 4.69) is 25.9 Å². The number of rotatable bonds is 16. The summed E-state index contributed by atoms with van der Waals surface area (Å²) in [6.07, 6.45) is -1.34. The zero-order valence-electron chi connectivity index (χ0n) is 30.6. The van der Waals surface area contributed by atoms with E-state index < -0.39 is 87.9 Å². The predicted molar refractivity (Wildman–Crippen MR) is 201 cm³/mol. The molecule has 3 atom stereocenters. The van der Waals surface area contributed by atoms with Crippen LogP contribution in [0.3, 0.4) is 0 Å². The van der Waals surface area contributed by atoms with Gasteiger partial charge in [-0.2, -0.15) is 5.10 Å². The maximum Gasteiger partial charge on any atom is 0.348 e. The molecule has 0 spiro atoms. The zero-order valence-corrected chi connectivity index (χ0v) is 32.2. The molecule has 3 aromatic rings. The molecule has 3 amide bonds. The molecule has 308 valence electrons. The molecule has 1 aromatic carbocycles. The highest BCUT2D eigenvalue weighted by Crippen LogP contribution is 2.41. The van der Waals surface area contributed by atoms with Gasteiger partial charge in [-0.3, -0.25) is 33.6 Å². The summed E-state index contributed by atoms with van der Waals surface area (Å²) in [5, 5.41) is 64.3. The Morgan fingerprint density at radius 3 is 2.47 bits per heavy atom. The van der Waals surface area contributed by atoms with Gasteiger partial charge in [0.25, 0.3) is 17.7 Å². The monoisotopic (exact) mass is 843 g/mol. The van der Waals surface area contributed by atoms with Crippen LogP contribution in [0.1, 0.15) is 42.4 Å². The lowest BCUT2D eigenvalue weighted by Crippen LogP contribution is -2.72. The number of likely N-dealkylation sites (tertiary alicyclic amines) is 1. The van der Waals surface area contributed by atoms with Crippen molar-refractivity contribution >= 4 is 80.5 Å². The van der Waals surface area contributed by atoms with Crippen molar-refractivity contribution in [3.63, 3.8) is 0 Å². The largest absolute Gasteiger partial charge is 0.543 e. The van der Waals surface area contributed by atoms with Gasteiger partial charge in [0.1, 0.15) is 23.7 Å². The van der Waals surface area contributed by atoms with Crippen molar-refractivity contribution in [1.29, 1.82) is 0 Å². The number of nitrogens with two attached hydrogens (primary N) is 1. The number of carbonyl (C=O) groups excluding carboxylic acids is 4. The van der Waals surface area contributed by atoms with Gasteiger partial charge in [0.15, 0.2) is 28.0 Å². The van der Waals surface area contributed by atoms with E-state index in [1.807, 2.05) is 0 Å². The number of anilines is 1. The lowest BCUT2D eigenvalue weighted by atomic mass is 10.0. The molecule has 0 unspecified atom stereocenters. The molecule has 2 fully saturated rings. The van der Waals surface area contributed by atoms with E-state index in [9.17, 15) is 54.0 Å². The molecule has 6 rings (SSSR count). The molecule has 58 heavy (non-hydrogen) atoms. The first-order valence-electron chi connectivity index (χ1n) is 17.7. The molecule has 22 nitrogen and oxygen atoms in total. The van der Waals surface area contributed by atoms with Gasteiger partial charge in [0, 0.05) is 42.2 Å². The minimum Gasteiger partial charge on any atom is -0.543 e. The van der Waals surface area contributed by atoms with Crippen LogP contribution in [0.5, 0.6) is 11.5 Å². The summed E-state index contributed by atoms with van der Waals surface area (Å²) in [6.45, 7) is 3.83. The van der Waals surface area contributed by atoms with Crippen molar-refractivity contribution in [2.24, 2.45) is 5.16 Å². The number of oxime groups is 1. The van der Waals surface area contributed by atoms with E-state index in [0.717, 1.165) is 35.1 Å². The van der Waals surface area contributed by atoms with Crippen LogP contribution in [-0.4, -0.2) is 142 Å². The van der Waals surface area contributed by atoms with Crippen LogP contribution in [0.2, 0.25) is 0 Å². The fourth-order valence-electron chi connectivity index (χ4n) is 7.11. The maximum absolute atomic E-state index is 13.5. The third kappa shape index (κ3) is 8.24. The third-order valence-corrected chi connectivity index (χ3v) is 11.9. The van der Waals surface area contributed by atoms with Crippen molar-refractivity contribution in [3.05, 3.63) is 50.4 Å². The molecule has 0 bridgehead atoms. The number of phenolic OH excluding ortho intramolecular Hbond substituents is 2. The minimum absolute atomic E-state index is 0.00774. The first-order valence-corrected chi connectivity index (χ1v) is 19.7. The standard InChI is InChI=1S/C34H37N9O13S2/c1-2-41-18-10-20(45)19(44)9-16(18)27(48)24(39-41)28(49)36-5-8-43(6-3-4-7-43)12-15-13-57-31-25(30(51)42(31)26(15)33(54)55)38-29(50)23(17-14-58-34(35)37-17)40-56-21(32(52)53)11-22(46)47/h9-10,14,21,25,31H,2-8,11-13H2,1H3,(H8-,35,36,37,38,39,40,44,45,46,47,48,49,50,52,53,54,55)/t21-,25+,31+/m0/s1. The number of benzene rings is 1. The molecule has 0 saturated carbocycles. The second kappa shape index (κ2) is 16.7. The number of thiazole rings is 1. The molecule has 24 heteroatoms. The number of carboxylic acids is 3. The molecule has 0 aliphatic carbocycles. The normalized spacial score (nSPS) is 19.3. The molecule has 0 radical (unpaired) electrons. The van der Waals surface area contributed by atoms with Crippen LogP contribution in [-0.2, 0) is 35.4 Å². The summed E-state index contributed by atoms with van der Waals surface area (Å²) in [5.41, 5.74) is 4.08. The average Bonchev–Trinajstić information content (AvgIpc) is 3.82. The summed E-state index contributed by atoms with van der Waals surface area (Å²) in [6, 6.07) is 0.999. The number of β-lactam (4-membered cyclic amide) rings is 1. The van der Waals surface area contributed by atoms with Gasteiger partial charge in [-0.05, 0) is 13.0 Å². The number of aromatic hydroxyl groups is 2. The number of aromatic nitrogens is 3. The summed E-state index contributed by atoms with van der Waals surface area (Å²) in [5.74, 6) is -8.21. The van der Waals surface area contributed by atoms with E-state index in [1.165, 1.54) is 27.9 Å². The number of nitrogen functional groups attached to an aromatic ring is 1. The predicted octanol–water partition coefficient (Wildman–Crippen LogP) is -2.04. The van der Waals surface area contributed by atoms with Crippen LogP contribution < -0.4 is 26.9 Å². The van der Waals surface area contributed by atoms with Gasteiger partial charge in [0.05, 0.1) is 55.2 Å². The van der Waals surface area contributed by atoms with E-state index in [-0.39, 0.29) is 52.8 Å². The molecule has 2 aromatic heterocycles. The van der Waals surface area contributed by atoms with Gasteiger partial charge in [-0.1, -0.05) is 5.16 Å². The highest BCUT2D eigenvalue weighted by molar-refractivity contribution is 8.00. The molecular formula is C34H37N9O13S2. The molecule has 3 aliphatic rings. The van der Waals surface area contributed by atoms with Gasteiger partial charge >= 0.3 is 11.9 Å². The average molecular weight is 844 g/mol. The lowest BCUT2D eigenvalue weighted by molar-refractivity contribution is -0.911. The molecule has 3 aliphatic heterocycles. The topological polar surface area (TPSA) is 329 Å². The molecule has 8 N–H and O–H groups in total. The summed E-state index contributed by atoms with van der Waals surface area (Å²) in [4.78, 5) is 98.6. The SMILES string of the molecule is CCn1nc(C(=O)NCC[N+]2(CC3=C(C(=O)[O-])N4C(=O)[C@@H](NC(=O)C(=NO[C@@H](CC(=O)O)C(=O)O)c5csc(N)n5)[C@H]4SC3)CCCC2)c(=O)c2cc(O)c(O)cc21. The fourth-order valence-corrected chi connectivity index (χ4v) is 8.99. The molecule has 2 saturated heterocycles. The Kier molecular flexibility index (Phi) is 11.9. The Bertz CT molecular complexity index is 2340. The number of nitrogens with one attached hydrogen (secondary N) is 2. The fraction of sp³-hybridized carbons (Fsp3) is 0.412. The molecule has 5 heterocycles. The van der Waals surface area contributed by atoms with Crippen LogP contribution in [0.4, 0.5) is 5.13 Å². The number of thioether (sulfide) groups is 1. The summed E-state index contributed by atoms with van der Waals surface area (Å²) >= 11 is 2.10. The Morgan fingerprint density at radius 1 is 1.14 bits per heavy atom. The highest BCUT2D eigenvalue weighted by atomic mass is 32.2. The van der Waals surface area contributed by atoms with Crippen molar-refractivity contribution in [3.8, 4) is 11.5 Å². The summed E-state index contributed by atoms with van der Waals surface area (Å²) in [7, 11) is 0. The number of nitrogens with zero attached hydrogens (tertiary/aromatic N) is 6. The second-order valence-electron chi connectivity index (χ2n) is 13.6. The quantitative estimate of drug-likeness (QED) is 0.0268. The van der Waals surface area contributed by atoms with Crippen LogP contribution >= 0.6 is 23.1 Å². The van der Waals surface area contributed by atoms with Crippen molar-refractivity contribution in [1.82, 2.24) is 30.3 Å². The number of fused-ring (bicyclic) bond motifs is 2. The third-order valence-electron chi connectivity index (χ3n) is 9.89. The van der Waals surface area contributed by atoms with Gasteiger partial charge in [-0.25, -0.2) is 9.78 Å². The number of carboxylic acid groups (broad SMARTS) is 3. The first kappa shape index (κ1) is 41.4. The van der Waals surface area contributed by atoms with Crippen LogP contribution in [0, 0.1) is 0 Å². The van der Waals surface area contributed by atoms with E-state index >= 15 is 0 Å². The number of hydrogen-bond acceptors (Lipinski definition) is 17. The number of hydrogen-bond donors (Lipinski definition) is 7. The Balaban J connectivity index is 1.16. The minimum atomic E-state index is -1.97. The Labute approximate surface area is 335 Å². The zero-order chi connectivity index (χ0) is 42.1. The lowest BCUT2D eigenvalue weighted by Gasteiger charge is -2.51. The van der Waals surface area contributed by atoms with Crippen molar-refractivity contribution in [2.45, 2.75) is 50.3 Å². The molecular weight excluding hydrogens is 807 g/mol. The number of carbonyl (C=O) groups is 6. The number of amides is 3. The van der Waals surface area contributed by atoms with Crippen molar-refractivity contribution < 1.29 is 63.6 Å². The smallest absolute Gasteiger partial charge is 0.348 e. The van der Waals surface area contributed by atoms with Gasteiger partial charge in [-0.15, -0.1) is 23.1 Å². The van der Waals surface area contributed by atoms with Crippen LogP contribution in [0.15, 0.2) is 38.7 Å². The van der Waals surface area contributed by atoms with E-state index in [0.29, 0.717) is 29.7 Å². The summed E-state index contributed by atoms with van der Waals surface area (Å²) < 4.78 is 1.71. The Hall–Kier alpha value is -6.27. The van der Waals surface area contributed by atoms with Gasteiger partial charge < -0.3 is 56.0 Å². The maximum atomic E-state index is 13.5. The van der Waals surface area contributed by atoms with Crippen LogP contribution in [0.25, 0.3) is 10.9 Å². The number of aliphatic carboxylic acids is 3.